The number of hydrogen-bond donors (Lipinski definition) is 1. The van der Waals surface area contributed by atoms with Gasteiger partial charge in [-0.1, -0.05) is 46.5 Å². The Kier molecular flexibility index (Phi) is 9.36. The van der Waals surface area contributed by atoms with Crippen LogP contribution in [0.1, 0.15) is 69.7 Å². The van der Waals surface area contributed by atoms with Gasteiger partial charge in [-0.3, -0.25) is 4.79 Å². The molecule has 1 atom stereocenters. The van der Waals surface area contributed by atoms with Crippen molar-refractivity contribution in [2.24, 2.45) is 5.92 Å². The minimum absolute atomic E-state index is 0.0365. The summed E-state index contributed by atoms with van der Waals surface area (Å²) in [5.41, 5.74) is 0.640. The van der Waals surface area contributed by atoms with Gasteiger partial charge in [-0.25, -0.2) is 0 Å². The highest BCUT2D eigenvalue weighted by Crippen LogP contribution is 2.17. The first kappa shape index (κ1) is 18.5. The molecule has 0 aliphatic heterocycles. The van der Waals surface area contributed by atoms with Crippen LogP contribution in [0.5, 0.6) is 5.75 Å². The molecule has 0 bridgehead atoms. The number of amides is 1. The van der Waals surface area contributed by atoms with Gasteiger partial charge in [0.15, 0.2) is 0 Å². The number of nitrogens with one attached hydrogen (secondary N) is 1. The smallest absolute Gasteiger partial charge is 0.251 e. The lowest BCUT2D eigenvalue weighted by molar-refractivity contribution is 0.0953. The molecule has 123 valence electrons. The van der Waals surface area contributed by atoms with Crippen molar-refractivity contribution in [3.05, 3.63) is 29.8 Å². The van der Waals surface area contributed by atoms with E-state index < -0.39 is 0 Å². The maximum absolute atomic E-state index is 11.9. The third kappa shape index (κ3) is 6.97. The van der Waals surface area contributed by atoms with Crippen LogP contribution in [0.3, 0.4) is 0 Å². The van der Waals surface area contributed by atoms with Gasteiger partial charge in [-0.05, 0) is 37.0 Å². The molecule has 0 aliphatic carbocycles. The molecule has 1 aromatic carbocycles. The maximum atomic E-state index is 11.9. The lowest BCUT2D eigenvalue weighted by atomic mass is 10.0. The van der Waals surface area contributed by atoms with Gasteiger partial charge >= 0.3 is 0 Å². The SMILES string of the molecule is CCCCNC(=O)c1c[c]c(OCC(CC)CCCC)cc1. The quantitative estimate of drug-likeness (QED) is 0.606. The fourth-order valence-electron chi connectivity index (χ4n) is 2.23. The van der Waals surface area contributed by atoms with Crippen molar-refractivity contribution in [2.75, 3.05) is 13.2 Å². The molecule has 0 fully saturated rings. The van der Waals surface area contributed by atoms with E-state index in [0.29, 0.717) is 11.5 Å². The monoisotopic (exact) mass is 304 g/mol. The van der Waals surface area contributed by atoms with Gasteiger partial charge in [0.25, 0.3) is 5.91 Å². The summed E-state index contributed by atoms with van der Waals surface area (Å²) in [5, 5.41) is 2.90. The highest BCUT2D eigenvalue weighted by molar-refractivity contribution is 5.94. The topological polar surface area (TPSA) is 38.3 Å². The van der Waals surface area contributed by atoms with Crippen molar-refractivity contribution in [1.82, 2.24) is 5.32 Å². The van der Waals surface area contributed by atoms with Crippen LogP contribution in [0.15, 0.2) is 18.2 Å². The second-order valence-corrected chi connectivity index (χ2v) is 5.78. The van der Waals surface area contributed by atoms with Crippen molar-refractivity contribution >= 4 is 5.91 Å². The van der Waals surface area contributed by atoms with Crippen molar-refractivity contribution in [2.45, 2.75) is 59.3 Å². The Labute approximate surface area is 135 Å². The van der Waals surface area contributed by atoms with Gasteiger partial charge in [0.1, 0.15) is 5.75 Å². The standard InChI is InChI=1S/C19H30NO2/c1-4-7-9-16(6-3)15-22-18-12-10-17(11-13-18)19(21)20-14-8-5-2/h10-12,16H,4-9,14-15H2,1-3H3,(H,20,21). The van der Waals surface area contributed by atoms with Crippen molar-refractivity contribution in [3.8, 4) is 5.75 Å². The first-order valence-electron chi connectivity index (χ1n) is 8.63. The summed E-state index contributed by atoms with van der Waals surface area (Å²) < 4.78 is 5.80. The van der Waals surface area contributed by atoms with E-state index in [0.717, 1.165) is 38.2 Å². The molecule has 22 heavy (non-hydrogen) atoms. The zero-order valence-electron chi connectivity index (χ0n) is 14.3. The Hall–Kier alpha value is -1.51. The number of unbranched alkanes of at least 4 members (excludes halogenated alkanes) is 2. The van der Waals surface area contributed by atoms with Crippen LogP contribution < -0.4 is 10.1 Å². The van der Waals surface area contributed by atoms with Crippen LogP contribution >= 0.6 is 0 Å². The Morgan fingerprint density at radius 3 is 2.59 bits per heavy atom. The molecule has 0 saturated heterocycles. The molecule has 1 N–H and O–H groups in total. The summed E-state index contributed by atoms with van der Waals surface area (Å²) in [5.74, 6) is 1.29. The molecule has 1 aromatic rings. The minimum atomic E-state index is -0.0365. The van der Waals surface area contributed by atoms with Crippen molar-refractivity contribution in [1.29, 1.82) is 0 Å². The average Bonchev–Trinajstić information content (AvgIpc) is 2.55. The van der Waals surface area contributed by atoms with E-state index in [2.05, 4.69) is 32.2 Å². The summed E-state index contributed by atoms with van der Waals surface area (Å²) in [7, 11) is 0. The summed E-state index contributed by atoms with van der Waals surface area (Å²) in [6.45, 7) is 7.98. The van der Waals surface area contributed by atoms with Crippen LogP contribution in [-0.4, -0.2) is 19.1 Å². The normalized spacial score (nSPS) is 12.0. The van der Waals surface area contributed by atoms with Crippen LogP contribution in [0.25, 0.3) is 0 Å². The Bertz CT molecular complexity index is 414. The third-order valence-electron chi connectivity index (χ3n) is 3.88. The molecule has 1 radical (unpaired) electrons. The summed E-state index contributed by atoms with van der Waals surface area (Å²) in [6, 6.07) is 8.41. The Morgan fingerprint density at radius 1 is 1.23 bits per heavy atom. The van der Waals surface area contributed by atoms with E-state index in [1.54, 1.807) is 12.1 Å². The molecule has 0 spiro atoms. The molecular formula is C19H30NO2. The average molecular weight is 304 g/mol. The van der Waals surface area contributed by atoms with E-state index in [4.69, 9.17) is 4.74 Å². The molecule has 0 aromatic heterocycles. The van der Waals surface area contributed by atoms with Gasteiger partial charge < -0.3 is 10.1 Å². The fourth-order valence-corrected chi connectivity index (χ4v) is 2.23. The predicted molar refractivity (Wildman–Crippen MR) is 91.3 cm³/mol. The first-order chi connectivity index (χ1) is 10.7. The molecule has 0 heterocycles. The lowest BCUT2D eigenvalue weighted by Gasteiger charge is -2.15. The van der Waals surface area contributed by atoms with E-state index >= 15 is 0 Å². The second-order valence-electron chi connectivity index (χ2n) is 5.78. The number of hydrogen-bond acceptors (Lipinski definition) is 2. The fraction of sp³-hybridized carbons (Fsp3) is 0.632. The second kappa shape index (κ2) is 11.1. The summed E-state index contributed by atoms with van der Waals surface area (Å²) in [6.07, 6.45) is 6.92. The highest BCUT2D eigenvalue weighted by atomic mass is 16.5. The van der Waals surface area contributed by atoms with Gasteiger partial charge in [-0.15, -0.1) is 0 Å². The minimum Gasteiger partial charge on any atom is -0.493 e. The van der Waals surface area contributed by atoms with Gasteiger partial charge in [0, 0.05) is 18.2 Å². The van der Waals surface area contributed by atoms with Crippen LogP contribution in [0.2, 0.25) is 0 Å². The molecule has 1 unspecified atom stereocenters. The summed E-state index contributed by atoms with van der Waals surface area (Å²) in [4.78, 5) is 11.9. The number of carbonyl (C=O) groups is 1. The zero-order valence-corrected chi connectivity index (χ0v) is 14.3. The first-order valence-corrected chi connectivity index (χ1v) is 8.63. The Balaban J connectivity index is 2.42. The molecule has 3 heteroatoms. The molecule has 0 saturated carbocycles. The van der Waals surface area contributed by atoms with Crippen molar-refractivity contribution < 1.29 is 9.53 Å². The van der Waals surface area contributed by atoms with Crippen molar-refractivity contribution in [3.63, 3.8) is 0 Å². The van der Waals surface area contributed by atoms with Gasteiger partial charge in [0.05, 0.1) is 6.61 Å². The molecule has 0 aliphatic rings. The van der Waals surface area contributed by atoms with E-state index in [1.807, 2.05) is 6.07 Å². The van der Waals surface area contributed by atoms with Gasteiger partial charge in [0.2, 0.25) is 0 Å². The van der Waals surface area contributed by atoms with E-state index in [1.165, 1.54) is 19.3 Å². The molecule has 1 rings (SSSR count). The Morgan fingerprint density at radius 2 is 2.00 bits per heavy atom. The van der Waals surface area contributed by atoms with Crippen LogP contribution in [0, 0.1) is 12.0 Å². The van der Waals surface area contributed by atoms with Gasteiger partial charge in [-0.2, -0.15) is 0 Å². The highest BCUT2D eigenvalue weighted by Gasteiger charge is 2.08. The predicted octanol–water partition coefficient (Wildman–Crippen LogP) is 4.61. The summed E-state index contributed by atoms with van der Waals surface area (Å²) >= 11 is 0. The lowest BCUT2D eigenvalue weighted by Crippen LogP contribution is -2.24. The number of carbonyl (C=O) groups excluding carboxylic acids is 1. The maximum Gasteiger partial charge on any atom is 0.251 e. The van der Waals surface area contributed by atoms with E-state index in [-0.39, 0.29) is 5.91 Å². The molecule has 3 nitrogen and oxygen atoms in total. The molecular weight excluding hydrogens is 274 g/mol. The van der Waals surface area contributed by atoms with Crippen LogP contribution in [-0.2, 0) is 0 Å². The number of rotatable bonds is 11. The number of ether oxygens (including phenoxy) is 1. The van der Waals surface area contributed by atoms with E-state index in [9.17, 15) is 4.79 Å². The molecule has 1 amide bonds. The zero-order chi connectivity index (χ0) is 16.2. The largest absolute Gasteiger partial charge is 0.493 e. The number of benzene rings is 1. The third-order valence-corrected chi connectivity index (χ3v) is 3.88. The van der Waals surface area contributed by atoms with Crippen LogP contribution in [0.4, 0.5) is 0 Å².